The minimum absolute atomic E-state index is 0.517. The lowest BCUT2D eigenvalue weighted by Gasteiger charge is -1.89. The molecule has 0 aromatic carbocycles. The van der Waals surface area contributed by atoms with Gasteiger partial charge in [0.1, 0.15) is 0 Å². The van der Waals surface area contributed by atoms with Gasteiger partial charge in [0, 0.05) is 16.8 Å². The van der Waals surface area contributed by atoms with Crippen LogP contribution in [0.2, 0.25) is 0 Å². The highest BCUT2D eigenvalue weighted by Gasteiger charge is 2.18. The molecule has 0 saturated carbocycles. The van der Waals surface area contributed by atoms with Crippen LogP contribution in [-0.4, -0.2) is 9.38 Å². The Hall–Kier alpha value is -0.540. The molecular formula is C9H9ClN2S. The van der Waals surface area contributed by atoms with Crippen molar-refractivity contribution in [3.8, 4) is 0 Å². The van der Waals surface area contributed by atoms with E-state index < -0.39 is 0 Å². The van der Waals surface area contributed by atoms with Crippen molar-refractivity contribution in [1.29, 1.82) is 0 Å². The van der Waals surface area contributed by atoms with Gasteiger partial charge in [0.15, 0.2) is 4.96 Å². The number of alkyl halides is 1. The van der Waals surface area contributed by atoms with Crippen LogP contribution in [0.3, 0.4) is 0 Å². The molecule has 0 N–H and O–H groups in total. The zero-order valence-electron chi connectivity index (χ0n) is 7.09. The smallest absolute Gasteiger partial charge is 0.194 e. The van der Waals surface area contributed by atoms with Crippen molar-refractivity contribution in [2.45, 2.75) is 25.1 Å². The van der Waals surface area contributed by atoms with Crippen LogP contribution in [0.5, 0.6) is 0 Å². The first kappa shape index (κ1) is 7.83. The summed E-state index contributed by atoms with van der Waals surface area (Å²) in [5, 5.41) is 0. The molecule has 68 valence electrons. The molecule has 0 spiro atoms. The standard InChI is InChI=1S/C9H9ClN2S/c10-4-6-5-12-7-2-1-3-8(7)13-9(12)11-6/h5H,1-4H2. The van der Waals surface area contributed by atoms with Crippen molar-refractivity contribution in [1.82, 2.24) is 9.38 Å². The highest BCUT2D eigenvalue weighted by molar-refractivity contribution is 7.17. The molecule has 0 saturated heterocycles. The maximum absolute atomic E-state index is 5.74. The number of hydrogen-bond acceptors (Lipinski definition) is 2. The monoisotopic (exact) mass is 212 g/mol. The van der Waals surface area contributed by atoms with Crippen molar-refractivity contribution < 1.29 is 0 Å². The summed E-state index contributed by atoms with van der Waals surface area (Å²) >= 11 is 7.55. The summed E-state index contributed by atoms with van der Waals surface area (Å²) in [4.78, 5) is 7.07. The Labute approximate surface area is 85.2 Å². The van der Waals surface area contributed by atoms with E-state index in [1.165, 1.54) is 29.8 Å². The quantitative estimate of drug-likeness (QED) is 0.665. The van der Waals surface area contributed by atoms with Crippen LogP contribution in [0.1, 0.15) is 22.7 Å². The number of thiazole rings is 1. The van der Waals surface area contributed by atoms with Gasteiger partial charge in [-0.15, -0.1) is 22.9 Å². The Kier molecular flexibility index (Phi) is 1.64. The molecule has 13 heavy (non-hydrogen) atoms. The lowest BCUT2D eigenvalue weighted by Crippen LogP contribution is -1.85. The molecule has 0 amide bonds. The van der Waals surface area contributed by atoms with Crippen LogP contribution in [0.25, 0.3) is 4.96 Å². The van der Waals surface area contributed by atoms with Crippen LogP contribution in [0.4, 0.5) is 0 Å². The first-order chi connectivity index (χ1) is 6.38. The van der Waals surface area contributed by atoms with E-state index in [0.29, 0.717) is 5.88 Å². The second-order valence-corrected chi connectivity index (χ2v) is 4.67. The van der Waals surface area contributed by atoms with Crippen molar-refractivity contribution in [3.05, 3.63) is 22.5 Å². The summed E-state index contributed by atoms with van der Waals surface area (Å²) in [5.41, 5.74) is 2.45. The summed E-state index contributed by atoms with van der Waals surface area (Å²) in [6, 6.07) is 0. The Morgan fingerprint density at radius 3 is 3.31 bits per heavy atom. The highest BCUT2D eigenvalue weighted by atomic mass is 35.5. The van der Waals surface area contributed by atoms with E-state index in [2.05, 4.69) is 15.6 Å². The molecule has 1 aliphatic carbocycles. The summed E-state index contributed by atoms with van der Waals surface area (Å²) in [6.45, 7) is 0. The Morgan fingerprint density at radius 1 is 1.54 bits per heavy atom. The number of fused-ring (bicyclic) bond motifs is 3. The molecular weight excluding hydrogens is 204 g/mol. The molecule has 1 aliphatic rings. The topological polar surface area (TPSA) is 17.3 Å². The zero-order valence-corrected chi connectivity index (χ0v) is 8.66. The van der Waals surface area contributed by atoms with E-state index in [4.69, 9.17) is 11.6 Å². The van der Waals surface area contributed by atoms with Crippen LogP contribution in [-0.2, 0) is 18.7 Å². The summed E-state index contributed by atoms with van der Waals surface area (Å²) < 4.78 is 2.21. The van der Waals surface area contributed by atoms with Crippen molar-refractivity contribution >= 4 is 27.9 Å². The molecule has 0 aliphatic heterocycles. The van der Waals surface area contributed by atoms with Crippen molar-refractivity contribution in [2.75, 3.05) is 0 Å². The number of rotatable bonds is 1. The molecule has 0 atom stereocenters. The van der Waals surface area contributed by atoms with Crippen LogP contribution in [0, 0.1) is 0 Å². The Balaban J connectivity index is 2.27. The second-order valence-electron chi connectivity index (χ2n) is 3.34. The van der Waals surface area contributed by atoms with Gasteiger partial charge in [-0.3, -0.25) is 4.40 Å². The Morgan fingerprint density at radius 2 is 2.46 bits per heavy atom. The lowest BCUT2D eigenvalue weighted by molar-refractivity contribution is 0.888. The molecule has 2 nitrogen and oxygen atoms in total. The van der Waals surface area contributed by atoms with E-state index in [-0.39, 0.29) is 0 Å². The highest BCUT2D eigenvalue weighted by Crippen LogP contribution is 2.30. The molecule has 2 heterocycles. The van der Waals surface area contributed by atoms with Gasteiger partial charge >= 0.3 is 0 Å². The van der Waals surface area contributed by atoms with Gasteiger partial charge in [0.25, 0.3) is 0 Å². The molecule has 3 rings (SSSR count). The minimum atomic E-state index is 0.517. The van der Waals surface area contributed by atoms with E-state index in [1.54, 1.807) is 0 Å². The average Bonchev–Trinajstić information content (AvgIpc) is 2.72. The summed E-state index contributed by atoms with van der Waals surface area (Å²) in [6.07, 6.45) is 5.81. The zero-order chi connectivity index (χ0) is 8.84. The summed E-state index contributed by atoms with van der Waals surface area (Å²) in [5.74, 6) is 0.517. The van der Waals surface area contributed by atoms with Gasteiger partial charge in [-0.2, -0.15) is 0 Å². The molecule has 0 unspecified atom stereocenters. The number of imidazole rings is 1. The average molecular weight is 213 g/mol. The molecule has 4 heteroatoms. The van der Waals surface area contributed by atoms with Crippen LogP contribution in [0.15, 0.2) is 6.20 Å². The van der Waals surface area contributed by atoms with Crippen LogP contribution < -0.4 is 0 Å². The van der Waals surface area contributed by atoms with Gasteiger partial charge in [-0.25, -0.2) is 4.98 Å². The van der Waals surface area contributed by atoms with Gasteiger partial charge in [0.2, 0.25) is 0 Å². The largest absolute Gasteiger partial charge is 0.294 e. The van der Waals surface area contributed by atoms with Gasteiger partial charge in [-0.1, -0.05) is 0 Å². The van der Waals surface area contributed by atoms with Crippen molar-refractivity contribution in [2.24, 2.45) is 0 Å². The fraction of sp³-hybridized carbons (Fsp3) is 0.444. The third kappa shape index (κ3) is 1.04. The van der Waals surface area contributed by atoms with Crippen molar-refractivity contribution in [3.63, 3.8) is 0 Å². The summed E-state index contributed by atoms with van der Waals surface area (Å²) in [7, 11) is 0. The van der Waals surface area contributed by atoms with Gasteiger partial charge in [0.05, 0.1) is 11.6 Å². The predicted octanol–water partition coefficient (Wildman–Crippen LogP) is 2.62. The second kappa shape index (κ2) is 2.72. The van der Waals surface area contributed by atoms with E-state index >= 15 is 0 Å². The fourth-order valence-electron chi connectivity index (χ4n) is 1.91. The number of halogens is 1. The number of nitrogens with zero attached hydrogens (tertiary/aromatic N) is 2. The fourth-order valence-corrected chi connectivity index (χ4v) is 3.25. The first-order valence-corrected chi connectivity index (χ1v) is 5.78. The molecule has 0 bridgehead atoms. The van der Waals surface area contributed by atoms with Gasteiger partial charge < -0.3 is 0 Å². The number of aryl methyl sites for hydroxylation is 2. The molecule has 2 aromatic heterocycles. The minimum Gasteiger partial charge on any atom is -0.294 e. The maximum atomic E-state index is 5.74. The molecule has 0 fully saturated rings. The van der Waals surface area contributed by atoms with Crippen LogP contribution >= 0.6 is 22.9 Å². The van der Waals surface area contributed by atoms with E-state index in [9.17, 15) is 0 Å². The third-order valence-corrected chi connectivity index (χ3v) is 3.94. The Bertz CT molecular complexity index is 457. The van der Waals surface area contributed by atoms with Gasteiger partial charge in [-0.05, 0) is 19.3 Å². The number of aromatic nitrogens is 2. The third-order valence-electron chi connectivity index (χ3n) is 2.50. The van der Waals surface area contributed by atoms with E-state index in [1.807, 2.05) is 11.3 Å². The SMILES string of the molecule is ClCc1cn2c3c(sc2n1)CCC3. The molecule has 0 radical (unpaired) electrons. The molecule has 2 aromatic rings. The number of hydrogen-bond donors (Lipinski definition) is 0. The lowest BCUT2D eigenvalue weighted by atomic mass is 10.4. The predicted molar refractivity (Wildman–Crippen MR) is 54.7 cm³/mol. The normalized spacial score (nSPS) is 15.5. The first-order valence-electron chi connectivity index (χ1n) is 4.43. The van der Waals surface area contributed by atoms with E-state index in [0.717, 1.165) is 10.7 Å². The maximum Gasteiger partial charge on any atom is 0.194 e.